The number of H-pyrrole nitrogens is 2. The van der Waals surface area contributed by atoms with Gasteiger partial charge in [-0.15, -0.1) is 20.5 Å². The lowest BCUT2D eigenvalue weighted by atomic mass is 9.95. The van der Waals surface area contributed by atoms with Crippen molar-refractivity contribution >= 4 is 183 Å². The van der Waals surface area contributed by atoms with E-state index in [0.717, 1.165) is 48.5 Å². The van der Waals surface area contributed by atoms with E-state index in [9.17, 15) is 95.8 Å². The summed E-state index contributed by atoms with van der Waals surface area (Å²) in [5, 5.41) is 43.0. The van der Waals surface area contributed by atoms with Crippen LogP contribution in [0.2, 0.25) is 10.6 Å². The zero-order valence-electron chi connectivity index (χ0n) is 55.5. The van der Waals surface area contributed by atoms with Gasteiger partial charge in [0.05, 0.1) is 80.7 Å². The van der Waals surface area contributed by atoms with Crippen LogP contribution < -0.4 is 31.3 Å². The number of nitrogens with zero attached hydrogens (tertiary/aromatic N) is 10. The monoisotopic (exact) mass is 1720 g/mol. The van der Waals surface area contributed by atoms with Crippen molar-refractivity contribution in [1.29, 1.82) is 0 Å². The highest BCUT2D eigenvalue weighted by atomic mass is 35.5. The second-order valence-electron chi connectivity index (χ2n) is 22.4. The third-order valence-electron chi connectivity index (χ3n) is 15.0. The maximum Gasteiger partial charge on any atom is 0.397 e. The molecule has 0 radical (unpaired) electrons. The number of aromatic amines is 2. The van der Waals surface area contributed by atoms with Crippen LogP contribution in [-0.4, -0.2) is 174 Å². The van der Waals surface area contributed by atoms with Gasteiger partial charge in [0, 0.05) is 11.4 Å². The van der Waals surface area contributed by atoms with Crippen molar-refractivity contribution in [2.45, 2.75) is 43.2 Å². The number of ether oxygens (including phenoxy) is 2. The maximum atomic E-state index is 13.1. The Morgan fingerprint density at radius 2 is 0.773 bits per heavy atom. The lowest BCUT2D eigenvalue weighted by Gasteiger charge is -2.16. The highest BCUT2D eigenvalue weighted by Crippen LogP contribution is 2.50. The van der Waals surface area contributed by atoms with Crippen LogP contribution in [0, 0.1) is 13.8 Å². The van der Waals surface area contributed by atoms with Crippen molar-refractivity contribution in [2.24, 2.45) is 30.4 Å². The first-order valence-electron chi connectivity index (χ1n) is 29.7. The largest absolute Gasteiger partial charge is 0.505 e. The molecule has 8 aromatic carbocycles. The van der Waals surface area contributed by atoms with E-state index in [4.69, 9.17) is 41.8 Å². The fourth-order valence-corrected chi connectivity index (χ4v) is 15.9. The minimum Gasteiger partial charge on any atom is -0.505 e. The number of aromatic nitrogens is 6. The molecule has 0 amide bonds. The zero-order valence-corrected chi connectivity index (χ0v) is 63.5. The number of azo groups is 2. The summed E-state index contributed by atoms with van der Waals surface area (Å²) in [4.78, 5) is 25.1. The van der Waals surface area contributed by atoms with Crippen molar-refractivity contribution in [1.82, 2.24) is 29.9 Å². The standard InChI is InChI=1S/C58H50Cl2N14O28S8/c1-27-17-39(71-73-49-45(107(87,88)89)21-29-19-35(105(81,82)83)23-41(47(29)51(49)75)63-57-67-53(59)65-55(69-57)61-31-5-9-33(10-6-31)103(77,78)15-13-101-109(93,94)95)43(99-3)25-37(27)38-26-44(100-4)40(18-28(38)2)72-74-50-46(108(90,91)92)22-30-20-36(106(84,85)86)24-42(48(30)52(50)76)64-58-68-54(60)66-56(70-58)62-32-7-11-34(12-8-32)104(79,80)16-14-102-110(96,97)98/h5-12,17-26,75-76H,13-16H2,1-4H3,(H,81,82,83)(H,84,85,86)(H,87,88,89)(H,90,91,92)(H,93,94,95)(H,96,97,98)(H2,61,63,65,67,69)(H2,62,64,66,68,70). The number of fused-ring (bicyclic) bond motifs is 2. The van der Waals surface area contributed by atoms with Crippen molar-refractivity contribution in [3.05, 3.63) is 142 Å². The number of benzene rings is 8. The molecule has 10 aromatic rings. The van der Waals surface area contributed by atoms with E-state index < -0.39 is 203 Å². The van der Waals surface area contributed by atoms with Gasteiger partial charge >= 0.3 is 20.8 Å². The van der Waals surface area contributed by atoms with Gasteiger partial charge in [0.1, 0.15) is 44.0 Å². The molecule has 2 aromatic heterocycles. The van der Waals surface area contributed by atoms with Gasteiger partial charge in [0.2, 0.25) is 33.7 Å². The average Bonchev–Trinajstić information content (AvgIpc) is 0.750. The van der Waals surface area contributed by atoms with Crippen LogP contribution in [0.1, 0.15) is 11.1 Å². The zero-order chi connectivity index (χ0) is 80.8. The molecule has 0 aliphatic heterocycles. The van der Waals surface area contributed by atoms with Gasteiger partial charge in [-0.05, 0) is 179 Å². The molecule has 0 aliphatic carbocycles. The molecule has 110 heavy (non-hydrogen) atoms. The topological polar surface area (TPSA) is 653 Å². The Balaban J connectivity index is 0.989. The summed E-state index contributed by atoms with van der Waals surface area (Å²) < 4.78 is 276. The Morgan fingerprint density at radius 1 is 0.427 bits per heavy atom. The Kier molecular flexibility index (Phi) is 23.4. The number of anilines is 4. The van der Waals surface area contributed by atoms with Crippen LogP contribution in [0.4, 0.5) is 57.4 Å². The molecule has 0 spiro atoms. The summed E-state index contributed by atoms with van der Waals surface area (Å²) in [7, 11) is -37.0. The highest BCUT2D eigenvalue weighted by Gasteiger charge is 2.30. The number of rotatable bonds is 27. The SMILES string of the molecule is COc1cc(-c2cc(OC)c(N=Nc3c(S(=O)(=O)O)cc4cc(S(=O)(=O)O)cc(N=c5nc(Nc6ccc(S(=O)(=O)CCOS(=O)(=O)O)cc6)nc(Cl)[nH]5)c4c3O)cc2C)c(C)cc1N=Nc1c(S(=O)(=O)O)cc2cc(S(=O)(=O)O)cc(N=c3nc(Nc4ccc(S(=O)(=O)CCOS(=O)(=O)O)cc4)nc(Cl)[nH]3)c2c1O. The number of halogens is 2. The number of aromatic hydroxyl groups is 2. The highest BCUT2D eigenvalue weighted by molar-refractivity contribution is 7.92. The Morgan fingerprint density at radius 3 is 1.08 bits per heavy atom. The Labute approximate surface area is 630 Å². The lowest BCUT2D eigenvalue weighted by molar-refractivity contribution is 0.282. The number of nitrogens with one attached hydrogen (secondary N) is 4. The summed E-state index contributed by atoms with van der Waals surface area (Å²) in [5.74, 6) is -4.80. The predicted octanol–water partition coefficient (Wildman–Crippen LogP) is 8.20. The Bertz CT molecular complexity index is 6280. The van der Waals surface area contributed by atoms with E-state index in [-0.39, 0.29) is 55.9 Å². The molecule has 0 fully saturated rings. The summed E-state index contributed by atoms with van der Waals surface area (Å²) in [6.45, 7) is 1.35. The van der Waals surface area contributed by atoms with E-state index in [0.29, 0.717) is 34.4 Å². The summed E-state index contributed by atoms with van der Waals surface area (Å²) in [5.41, 5.74) is -2.73. The second-order valence-corrected chi connectivity index (χ2v) is 35.2. The van der Waals surface area contributed by atoms with Gasteiger partial charge in [-0.3, -0.25) is 37.3 Å². The molecule has 0 aliphatic rings. The minimum atomic E-state index is -5.44. The number of hydrogen-bond acceptors (Lipinski definition) is 34. The van der Waals surface area contributed by atoms with E-state index >= 15 is 0 Å². The van der Waals surface area contributed by atoms with E-state index in [1.54, 1.807) is 13.8 Å². The van der Waals surface area contributed by atoms with Crippen LogP contribution >= 0.6 is 23.2 Å². The van der Waals surface area contributed by atoms with Crippen molar-refractivity contribution in [3.63, 3.8) is 0 Å². The van der Waals surface area contributed by atoms with Crippen molar-refractivity contribution < 1.29 is 123 Å². The molecule has 10 rings (SSSR count). The quantitative estimate of drug-likeness (QED) is 0.0170. The van der Waals surface area contributed by atoms with Gasteiger partial charge in [-0.25, -0.2) is 35.2 Å². The molecule has 0 unspecified atom stereocenters. The summed E-state index contributed by atoms with van der Waals surface area (Å²) >= 11 is 12.6. The molecular formula is C58H50Cl2N14O28S8. The van der Waals surface area contributed by atoms with Crippen LogP contribution in [0.3, 0.4) is 0 Å². The van der Waals surface area contributed by atoms with Crippen molar-refractivity contribution in [2.75, 3.05) is 49.6 Å². The predicted molar refractivity (Wildman–Crippen MR) is 385 cm³/mol. The molecule has 0 saturated heterocycles. The maximum absolute atomic E-state index is 13.1. The molecule has 582 valence electrons. The first kappa shape index (κ1) is 82.3. The molecule has 42 nitrogen and oxygen atoms in total. The Hall–Kier alpha value is -10.2. The van der Waals surface area contributed by atoms with Crippen LogP contribution in [-0.2, 0) is 89.3 Å². The van der Waals surface area contributed by atoms with Gasteiger partial charge in [0.15, 0.2) is 31.2 Å². The fourth-order valence-electron chi connectivity index (χ4n) is 10.2. The number of phenolic OH excluding ortho intramolecular Hbond substituents is 2. The number of hydrogen-bond donors (Lipinski definition) is 12. The lowest BCUT2D eigenvalue weighted by Crippen LogP contribution is -2.16. The second kappa shape index (κ2) is 31.3. The average molecular weight is 1720 g/mol. The minimum absolute atomic E-state index is 0.0891. The van der Waals surface area contributed by atoms with E-state index in [1.165, 1.54) is 62.8 Å². The number of aryl methyl sites for hydroxylation is 2. The van der Waals surface area contributed by atoms with E-state index in [2.05, 4.69) is 79.3 Å². The first-order valence-corrected chi connectivity index (χ1v) is 42.2. The molecule has 0 atom stereocenters. The normalized spacial score (nSPS) is 13.3. The van der Waals surface area contributed by atoms with Crippen molar-refractivity contribution in [3.8, 4) is 34.1 Å². The van der Waals surface area contributed by atoms with Gasteiger partial charge in [0.25, 0.3) is 40.5 Å². The number of phenols is 2. The van der Waals surface area contributed by atoms with Crippen LogP contribution in [0.15, 0.2) is 169 Å². The number of sulfone groups is 2. The first-order chi connectivity index (χ1) is 51.1. The van der Waals surface area contributed by atoms with Gasteiger partial charge < -0.3 is 30.3 Å². The van der Waals surface area contributed by atoms with Gasteiger partial charge in [-0.1, -0.05) is 0 Å². The van der Waals surface area contributed by atoms with Crippen LogP contribution in [0.5, 0.6) is 23.0 Å². The van der Waals surface area contributed by atoms with Crippen LogP contribution in [0.25, 0.3) is 32.7 Å². The molecule has 2 heterocycles. The molecular weight excluding hydrogens is 1670 g/mol. The summed E-state index contributed by atoms with van der Waals surface area (Å²) in [6.07, 6.45) is 0. The molecule has 52 heteroatoms. The third kappa shape index (κ3) is 19.7. The van der Waals surface area contributed by atoms with Gasteiger partial charge in [-0.2, -0.15) is 70.4 Å². The molecule has 12 N–H and O–H groups in total. The molecule has 0 bridgehead atoms. The fraction of sp³-hybridized carbons (Fsp3) is 0.138. The number of methoxy groups -OCH3 is 2. The smallest absolute Gasteiger partial charge is 0.397 e. The summed E-state index contributed by atoms with van der Waals surface area (Å²) in [6, 6.07) is 19.3. The molecule has 0 saturated carbocycles. The third-order valence-corrected chi connectivity index (χ3v) is 23.1. The van der Waals surface area contributed by atoms with E-state index in [1.807, 2.05) is 0 Å².